The van der Waals surface area contributed by atoms with Gasteiger partial charge >= 0.3 is 0 Å². The fraction of sp³-hybridized carbons (Fsp3) is 0.278. The first-order valence-corrected chi connectivity index (χ1v) is 10.4. The zero-order valence-corrected chi connectivity index (χ0v) is 16.7. The summed E-state index contributed by atoms with van der Waals surface area (Å²) in [5.41, 5.74) is 6.33. The summed E-state index contributed by atoms with van der Waals surface area (Å²) in [7, 11) is 2.06. The molecular weight excluding hydrogens is 378 g/mol. The molecule has 0 bridgehead atoms. The number of aromatic amines is 1. The van der Waals surface area contributed by atoms with E-state index in [2.05, 4.69) is 56.9 Å². The minimum Gasteiger partial charge on any atom is -0.345 e. The molecule has 0 amide bonds. The number of hydrogen-bond acceptors (Lipinski definition) is 7. The van der Waals surface area contributed by atoms with Crippen molar-refractivity contribution in [1.82, 2.24) is 29.8 Å². The molecule has 4 heterocycles. The van der Waals surface area contributed by atoms with E-state index in [1.807, 2.05) is 11.7 Å². The molecule has 1 aliphatic rings. The third-order valence-electron chi connectivity index (χ3n) is 4.62. The summed E-state index contributed by atoms with van der Waals surface area (Å²) in [6.07, 6.45) is 1.93. The maximum Gasteiger partial charge on any atom is 0.178 e. The average Bonchev–Trinajstić information content (AvgIpc) is 3.36. The van der Waals surface area contributed by atoms with E-state index < -0.39 is 0 Å². The van der Waals surface area contributed by atoms with Crippen molar-refractivity contribution in [3.05, 3.63) is 46.0 Å². The predicted molar refractivity (Wildman–Crippen MR) is 109 cm³/mol. The third kappa shape index (κ3) is 3.11. The largest absolute Gasteiger partial charge is 0.345 e. The second-order valence-corrected chi connectivity index (χ2v) is 8.59. The SMILES string of the molecule is Cc1ccc2nc(Sc3nc4c(n3Cc3cncs3)CNCN4C)[nH]c2c1. The van der Waals surface area contributed by atoms with Crippen LogP contribution in [0.4, 0.5) is 5.82 Å². The topological polar surface area (TPSA) is 74.7 Å². The van der Waals surface area contributed by atoms with E-state index in [9.17, 15) is 0 Å². The van der Waals surface area contributed by atoms with E-state index in [-0.39, 0.29) is 0 Å². The highest BCUT2D eigenvalue weighted by atomic mass is 32.2. The molecule has 0 radical (unpaired) electrons. The molecule has 0 unspecified atom stereocenters. The highest BCUT2D eigenvalue weighted by molar-refractivity contribution is 7.99. The van der Waals surface area contributed by atoms with Crippen LogP contribution in [0.5, 0.6) is 0 Å². The molecular formula is C18H19N7S2. The van der Waals surface area contributed by atoms with Crippen molar-refractivity contribution in [2.75, 3.05) is 18.6 Å². The van der Waals surface area contributed by atoms with Gasteiger partial charge in [-0.15, -0.1) is 11.3 Å². The number of thiazole rings is 1. The van der Waals surface area contributed by atoms with Crippen molar-refractivity contribution < 1.29 is 0 Å². The lowest BCUT2D eigenvalue weighted by Crippen LogP contribution is -2.36. The van der Waals surface area contributed by atoms with Crippen molar-refractivity contribution in [1.29, 1.82) is 0 Å². The minimum absolute atomic E-state index is 0.768. The summed E-state index contributed by atoms with van der Waals surface area (Å²) in [5, 5.41) is 5.24. The van der Waals surface area contributed by atoms with Gasteiger partial charge in [0.15, 0.2) is 16.1 Å². The second-order valence-electron chi connectivity index (χ2n) is 6.67. The number of aryl methyl sites for hydroxylation is 1. The van der Waals surface area contributed by atoms with Gasteiger partial charge in [-0.2, -0.15) is 0 Å². The van der Waals surface area contributed by atoms with Crippen LogP contribution in [0, 0.1) is 6.92 Å². The first-order valence-electron chi connectivity index (χ1n) is 8.70. The van der Waals surface area contributed by atoms with Gasteiger partial charge in [-0.1, -0.05) is 6.07 Å². The van der Waals surface area contributed by atoms with Crippen molar-refractivity contribution in [2.45, 2.75) is 30.3 Å². The quantitative estimate of drug-likeness (QED) is 0.551. The van der Waals surface area contributed by atoms with Gasteiger partial charge in [0.1, 0.15) is 0 Å². The molecule has 4 aromatic rings. The first-order chi connectivity index (χ1) is 13.2. The summed E-state index contributed by atoms with van der Waals surface area (Å²) < 4.78 is 2.27. The smallest absolute Gasteiger partial charge is 0.178 e. The summed E-state index contributed by atoms with van der Waals surface area (Å²) in [4.78, 5) is 20.7. The monoisotopic (exact) mass is 397 g/mol. The van der Waals surface area contributed by atoms with Crippen LogP contribution in [0.25, 0.3) is 11.0 Å². The van der Waals surface area contributed by atoms with Crippen molar-refractivity contribution in [3.63, 3.8) is 0 Å². The number of imidazole rings is 2. The Hall–Kier alpha value is -2.36. The molecule has 5 rings (SSSR count). The molecule has 0 fully saturated rings. The molecule has 1 aliphatic heterocycles. The summed E-state index contributed by atoms with van der Waals surface area (Å²) >= 11 is 3.24. The fourth-order valence-corrected chi connectivity index (χ4v) is 4.78. The van der Waals surface area contributed by atoms with Crippen LogP contribution >= 0.6 is 23.1 Å². The van der Waals surface area contributed by atoms with Crippen molar-refractivity contribution in [3.8, 4) is 0 Å². The van der Waals surface area contributed by atoms with Crippen LogP contribution in [0.2, 0.25) is 0 Å². The molecule has 0 saturated carbocycles. The van der Waals surface area contributed by atoms with Gasteiger partial charge in [-0.3, -0.25) is 10.3 Å². The molecule has 9 heteroatoms. The zero-order chi connectivity index (χ0) is 18.4. The van der Waals surface area contributed by atoms with Crippen LogP contribution in [0.15, 0.2) is 40.2 Å². The van der Waals surface area contributed by atoms with E-state index in [1.165, 1.54) is 16.1 Å². The number of fused-ring (bicyclic) bond motifs is 2. The Morgan fingerprint density at radius 2 is 2.22 bits per heavy atom. The third-order valence-corrected chi connectivity index (χ3v) is 6.27. The lowest BCUT2D eigenvalue weighted by Gasteiger charge is -2.24. The van der Waals surface area contributed by atoms with Gasteiger partial charge in [0.25, 0.3) is 0 Å². The van der Waals surface area contributed by atoms with Crippen LogP contribution < -0.4 is 10.2 Å². The normalized spacial score (nSPS) is 14.1. The number of hydrogen-bond donors (Lipinski definition) is 2. The van der Waals surface area contributed by atoms with Gasteiger partial charge < -0.3 is 14.5 Å². The van der Waals surface area contributed by atoms with E-state index in [0.717, 1.165) is 46.9 Å². The number of aromatic nitrogens is 5. The number of anilines is 1. The van der Waals surface area contributed by atoms with Gasteiger partial charge in [0.2, 0.25) is 0 Å². The summed E-state index contributed by atoms with van der Waals surface area (Å²) in [5.74, 6) is 1.03. The van der Waals surface area contributed by atoms with Gasteiger partial charge in [0, 0.05) is 24.7 Å². The predicted octanol–water partition coefficient (Wildman–Crippen LogP) is 3.22. The highest BCUT2D eigenvalue weighted by Gasteiger charge is 2.24. The Kier molecular flexibility index (Phi) is 4.14. The molecule has 1 aromatic carbocycles. The molecule has 0 saturated heterocycles. The van der Waals surface area contributed by atoms with Crippen LogP contribution in [0.1, 0.15) is 16.1 Å². The molecule has 0 atom stereocenters. The van der Waals surface area contributed by atoms with E-state index in [0.29, 0.717) is 0 Å². The fourth-order valence-electron chi connectivity index (χ4n) is 3.30. The number of nitrogens with zero attached hydrogens (tertiary/aromatic N) is 5. The average molecular weight is 398 g/mol. The lowest BCUT2D eigenvalue weighted by atomic mass is 10.2. The van der Waals surface area contributed by atoms with E-state index >= 15 is 0 Å². The van der Waals surface area contributed by atoms with Gasteiger partial charge in [0.05, 0.1) is 35.5 Å². The molecule has 0 spiro atoms. The molecule has 0 aliphatic carbocycles. The molecule has 3 aromatic heterocycles. The lowest BCUT2D eigenvalue weighted by molar-refractivity contribution is 0.590. The summed E-state index contributed by atoms with van der Waals surface area (Å²) in [6.45, 7) is 4.47. The van der Waals surface area contributed by atoms with Crippen LogP contribution in [0.3, 0.4) is 0 Å². The molecule has 2 N–H and O–H groups in total. The van der Waals surface area contributed by atoms with Crippen LogP contribution in [-0.2, 0) is 13.1 Å². The maximum atomic E-state index is 4.93. The van der Waals surface area contributed by atoms with E-state index in [1.54, 1.807) is 23.1 Å². The highest BCUT2D eigenvalue weighted by Crippen LogP contribution is 2.33. The van der Waals surface area contributed by atoms with E-state index in [4.69, 9.17) is 9.97 Å². The molecule has 7 nitrogen and oxygen atoms in total. The minimum atomic E-state index is 0.768. The number of nitrogens with one attached hydrogen (secondary N) is 2. The molecule has 27 heavy (non-hydrogen) atoms. The van der Waals surface area contributed by atoms with Gasteiger partial charge in [-0.25, -0.2) is 9.97 Å². The Morgan fingerprint density at radius 3 is 3.07 bits per heavy atom. The Labute approximate surface area is 164 Å². The number of benzene rings is 1. The standard InChI is InChI=1S/C18H19N7S2/c1-11-3-4-13-14(5-11)22-17(21-13)27-18-23-16-15(7-19-9-24(16)2)25(18)8-12-6-20-10-26-12/h3-6,10,19H,7-9H2,1-2H3,(H,21,22). The second kappa shape index (κ2) is 6.66. The van der Waals surface area contributed by atoms with Crippen molar-refractivity contribution >= 4 is 39.9 Å². The van der Waals surface area contributed by atoms with Crippen LogP contribution in [-0.4, -0.2) is 38.2 Å². The first kappa shape index (κ1) is 16.8. The number of rotatable bonds is 4. The number of H-pyrrole nitrogens is 1. The molecule has 138 valence electrons. The Balaban J connectivity index is 1.55. The summed E-state index contributed by atoms with van der Waals surface area (Å²) in [6, 6.07) is 6.26. The zero-order valence-electron chi connectivity index (χ0n) is 15.1. The van der Waals surface area contributed by atoms with Gasteiger partial charge in [-0.05, 0) is 36.4 Å². The van der Waals surface area contributed by atoms with Crippen molar-refractivity contribution in [2.24, 2.45) is 0 Å². The Morgan fingerprint density at radius 1 is 1.30 bits per heavy atom. The Bertz CT molecular complexity index is 1100. The maximum absolute atomic E-state index is 4.93.